The number of sulfonamides is 1. The Bertz CT molecular complexity index is 752. The molecule has 0 bridgehead atoms. The molecule has 0 aliphatic rings. The lowest BCUT2D eigenvalue weighted by atomic mass is 10.2. The second-order valence-corrected chi connectivity index (χ2v) is 9.53. The van der Waals surface area contributed by atoms with Gasteiger partial charge in [-0.25, -0.2) is 26.7 Å². The second kappa shape index (κ2) is 10.3. The summed E-state index contributed by atoms with van der Waals surface area (Å²) in [5, 5.41) is 2.64. The van der Waals surface area contributed by atoms with Crippen LogP contribution in [0, 0.1) is 11.6 Å². The minimum atomic E-state index is -4.05. The largest absolute Gasteiger partial charge is 0.444 e. The summed E-state index contributed by atoms with van der Waals surface area (Å²) in [6.07, 6.45) is 2.33. The topological polar surface area (TPSA) is 84.5 Å². The first-order valence-corrected chi connectivity index (χ1v) is 10.8. The predicted molar refractivity (Wildman–Crippen MR) is 102 cm³/mol. The number of ether oxygens (including phenoxy) is 1. The van der Waals surface area contributed by atoms with Crippen molar-refractivity contribution in [1.82, 2.24) is 10.0 Å². The lowest BCUT2D eigenvalue weighted by molar-refractivity contribution is 0.0527. The van der Waals surface area contributed by atoms with Crippen LogP contribution >= 0.6 is 15.9 Å². The fourth-order valence-corrected chi connectivity index (χ4v) is 3.75. The third-order valence-electron chi connectivity index (χ3n) is 3.33. The molecule has 0 aromatic heterocycles. The molecule has 0 radical (unpaired) electrons. The van der Waals surface area contributed by atoms with Crippen molar-refractivity contribution in [3.63, 3.8) is 0 Å². The van der Waals surface area contributed by atoms with Crippen molar-refractivity contribution in [3.8, 4) is 0 Å². The number of benzene rings is 1. The van der Waals surface area contributed by atoms with Gasteiger partial charge >= 0.3 is 6.09 Å². The molecule has 0 spiro atoms. The van der Waals surface area contributed by atoms with Crippen LogP contribution in [0.25, 0.3) is 0 Å². The van der Waals surface area contributed by atoms with Crippen LogP contribution in [0.15, 0.2) is 21.5 Å². The van der Waals surface area contributed by atoms with Gasteiger partial charge in [-0.2, -0.15) is 0 Å². The van der Waals surface area contributed by atoms with E-state index >= 15 is 0 Å². The van der Waals surface area contributed by atoms with Crippen LogP contribution in [0.2, 0.25) is 0 Å². The number of rotatable bonds is 9. The Hall–Kier alpha value is -1.26. The highest BCUT2D eigenvalue weighted by atomic mass is 79.9. The van der Waals surface area contributed by atoms with Crippen LogP contribution in [0.4, 0.5) is 13.6 Å². The molecule has 0 aliphatic carbocycles. The monoisotopic (exact) mass is 470 g/mol. The molecule has 2 N–H and O–H groups in total. The number of amides is 1. The van der Waals surface area contributed by atoms with Gasteiger partial charge < -0.3 is 10.1 Å². The third kappa shape index (κ3) is 8.98. The summed E-state index contributed by atoms with van der Waals surface area (Å²) in [5.74, 6) is -2.01. The lowest BCUT2D eigenvalue weighted by Gasteiger charge is -2.19. The van der Waals surface area contributed by atoms with Gasteiger partial charge in [-0.05, 0) is 55.6 Å². The molecular formula is C17H25BrF2N2O4S. The van der Waals surface area contributed by atoms with Crippen molar-refractivity contribution in [2.45, 2.75) is 57.0 Å². The van der Waals surface area contributed by atoms with Gasteiger partial charge in [-0.1, -0.05) is 12.8 Å². The van der Waals surface area contributed by atoms with E-state index in [0.29, 0.717) is 19.0 Å². The van der Waals surface area contributed by atoms with Crippen molar-refractivity contribution in [2.75, 3.05) is 13.1 Å². The van der Waals surface area contributed by atoms with E-state index in [1.165, 1.54) is 0 Å². The van der Waals surface area contributed by atoms with Gasteiger partial charge in [0.25, 0.3) is 0 Å². The fraction of sp³-hybridized carbons (Fsp3) is 0.588. The number of carbonyl (C=O) groups excluding carboxylic acids is 1. The average Bonchev–Trinajstić information content (AvgIpc) is 2.51. The molecule has 0 saturated carbocycles. The summed E-state index contributed by atoms with van der Waals surface area (Å²) < 4.78 is 58.3. The van der Waals surface area contributed by atoms with Gasteiger partial charge in [0.15, 0.2) is 0 Å². The van der Waals surface area contributed by atoms with E-state index in [2.05, 4.69) is 26.0 Å². The number of nitrogens with one attached hydrogen (secondary N) is 2. The van der Waals surface area contributed by atoms with Crippen molar-refractivity contribution < 1.29 is 26.7 Å². The molecule has 10 heteroatoms. The van der Waals surface area contributed by atoms with E-state index in [0.717, 1.165) is 25.3 Å². The normalized spacial score (nSPS) is 12.1. The Morgan fingerprint density at radius 3 is 2.26 bits per heavy atom. The molecule has 1 amide bonds. The molecule has 0 unspecified atom stereocenters. The van der Waals surface area contributed by atoms with Gasteiger partial charge in [-0.15, -0.1) is 0 Å². The zero-order valence-corrected chi connectivity index (χ0v) is 18.0. The van der Waals surface area contributed by atoms with Crippen LogP contribution in [-0.2, 0) is 14.8 Å². The SMILES string of the molecule is CC(C)(C)OC(=O)NCCCCCCNS(=O)(=O)c1cc(Br)c(F)cc1F. The minimum absolute atomic E-state index is 0.123. The van der Waals surface area contributed by atoms with Crippen LogP contribution in [0.3, 0.4) is 0 Å². The maximum Gasteiger partial charge on any atom is 0.407 e. The molecule has 0 heterocycles. The Labute approximate surface area is 167 Å². The summed E-state index contributed by atoms with van der Waals surface area (Å²) >= 11 is 2.84. The maximum atomic E-state index is 13.7. The van der Waals surface area contributed by atoms with E-state index in [4.69, 9.17) is 4.74 Å². The van der Waals surface area contributed by atoms with Crippen molar-refractivity contribution in [3.05, 3.63) is 28.2 Å². The lowest BCUT2D eigenvalue weighted by Crippen LogP contribution is -2.33. The van der Waals surface area contributed by atoms with Crippen LogP contribution in [0.5, 0.6) is 0 Å². The standard InChI is InChI=1S/C17H25BrF2N2O4S/c1-17(2,3)26-16(23)21-8-6-4-5-7-9-22-27(24,25)15-10-12(18)13(19)11-14(15)20/h10-11,22H,4-9H2,1-3H3,(H,21,23). The number of carbonyl (C=O) groups is 1. The van der Waals surface area contributed by atoms with Gasteiger partial charge in [0, 0.05) is 19.2 Å². The Kier molecular flexibility index (Phi) is 9.10. The smallest absolute Gasteiger partial charge is 0.407 e. The highest BCUT2D eigenvalue weighted by molar-refractivity contribution is 9.10. The highest BCUT2D eigenvalue weighted by Crippen LogP contribution is 2.23. The maximum absolute atomic E-state index is 13.7. The van der Waals surface area contributed by atoms with Gasteiger partial charge in [0.05, 0.1) is 4.47 Å². The van der Waals surface area contributed by atoms with Crippen molar-refractivity contribution in [2.24, 2.45) is 0 Å². The molecular weight excluding hydrogens is 446 g/mol. The number of hydrogen-bond donors (Lipinski definition) is 2. The molecule has 0 saturated heterocycles. The first kappa shape index (κ1) is 23.8. The summed E-state index contributed by atoms with van der Waals surface area (Å²) in [6, 6.07) is 1.42. The molecule has 0 fully saturated rings. The zero-order valence-electron chi connectivity index (χ0n) is 15.6. The molecule has 0 aliphatic heterocycles. The van der Waals surface area contributed by atoms with Gasteiger partial charge in [0.2, 0.25) is 10.0 Å². The summed E-state index contributed by atoms with van der Waals surface area (Å²) in [6.45, 7) is 5.95. The minimum Gasteiger partial charge on any atom is -0.444 e. The zero-order chi connectivity index (χ0) is 20.7. The average molecular weight is 471 g/mol. The Morgan fingerprint density at radius 2 is 1.67 bits per heavy atom. The molecule has 154 valence electrons. The van der Waals surface area contributed by atoms with Gasteiger partial charge in [0.1, 0.15) is 22.1 Å². The van der Waals surface area contributed by atoms with E-state index in [9.17, 15) is 22.0 Å². The Balaban J connectivity index is 2.27. The van der Waals surface area contributed by atoms with Crippen LogP contribution in [0.1, 0.15) is 46.5 Å². The van der Waals surface area contributed by atoms with Crippen LogP contribution in [-0.4, -0.2) is 33.2 Å². The molecule has 1 rings (SSSR count). The second-order valence-electron chi connectivity index (χ2n) is 6.94. The summed E-state index contributed by atoms with van der Waals surface area (Å²) in [7, 11) is -4.05. The number of alkyl carbamates (subject to hydrolysis) is 1. The molecule has 1 aromatic rings. The first-order valence-electron chi connectivity index (χ1n) is 8.53. The molecule has 0 atom stereocenters. The number of halogens is 3. The number of hydrogen-bond acceptors (Lipinski definition) is 4. The first-order chi connectivity index (χ1) is 12.4. The van der Waals surface area contributed by atoms with Crippen molar-refractivity contribution in [1.29, 1.82) is 0 Å². The molecule has 27 heavy (non-hydrogen) atoms. The van der Waals surface area contributed by atoms with E-state index < -0.39 is 38.2 Å². The molecule has 6 nitrogen and oxygen atoms in total. The summed E-state index contributed by atoms with van der Waals surface area (Å²) in [4.78, 5) is 10.8. The predicted octanol–water partition coefficient (Wildman–Crippen LogP) is 4.09. The summed E-state index contributed by atoms with van der Waals surface area (Å²) in [5.41, 5.74) is -0.541. The van der Waals surface area contributed by atoms with E-state index in [-0.39, 0.29) is 11.0 Å². The van der Waals surface area contributed by atoms with E-state index in [1.807, 2.05) is 0 Å². The third-order valence-corrected chi connectivity index (χ3v) is 5.41. The quantitative estimate of drug-likeness (QED) is 0.420. The highest BCUT2D eigenvalue weighted by Gasteiger charge is 2.21. The van der Waals surface area contributed by atoms with E-state index in [1.54, 1.807) is 20.8 Å². The van der Waals surface area contributed by atoms with Crippen molar-refractivity contribution >= 4 is 32.0 Å². The fourth-order valence-electron chi connectivity index (χ4n) is 2.10. The van der Waals surface area contributed by atoms with Crippen LogP contribution < -0.4 is 10.0 Å². The Morgan fingerprint density at radius 1 is 1.07 bits per heavy atom. The molecule has 1 aromatic carbocycles. The number of unbranched alkanes of at least 4 members (excludes halogenated alkanes) is 3. The van der Waals surface area contributed by atoms with Gasteiger partial charge in [-0.3, -0.25) is 0 Å².